The number of nitrogens with zero attached hydrogens (tertiary/aromatic N) is 1. The van der Waals surface area contributed by atoms with Gasteiger partial charge in [0.05, 0.1) is 6.54 Å². The van der Waals surface area contributed by atoms with Crippen LogP contribution in [0.25, 0.3) is 0 Å². The Morgan fingerprint density at radius 2 is 2.00 bits per heavy atom. The predicted octanol–water partition coefficient (Wildman–Crippen LogP) is 1.65. The van der Waals surface area contributed by atoms with E-state index in [0.29, 0.717) is 31.5 Å². The summed E-state index contributed by atoms with van der Waals surface area (Å²) in [6.45, 7) is 1.44. The van der Waals surface area contributed by atoms with Crippen molar-refractivity contribution in [3.05, 3.63) is 34.6 Å². The van der Waals surface area contributed by atoms with Crippen molar-refractivity contribution in [2.24, 2.45) is 0 Å². The van der Waals surface area contributed by atoms with Gasteiger partial charge in [-0.2, -0.15) is 0 Å². The highest BCUT2D eigenvalue weighted by Gasteiger charge is 2.51. The van der Waals surface area contributed by atoms with Crippen molar-refractivity contribution in [2.75, 3.05) is 13.1 Å². The fraction of sp³-hybridized carbons (Fsp3) is 0.429. The van der Waals surface area contributed by atoms with Crippen molar-refractivity contribution in [1.29, 1.82) is 0 Å². The maximum Gasteiger partial charge on any atom is 0.325 e. The lowest BCUT2D eigenvalue weighted by molar-refractivity contribution is -0.132. The molecule has 3 rings (SSSR count). The van der Waals surface area contributed by atoms with E-state index in [1.165, 1.54) is 18.2 Å². The topological polar surface area (TPSA) is 61.4 Å². The molecule has 3 amide bonds. The van der Waals surface area contributed by atoms with E-state index in [2.05, 4.69) is 10.6 Å². The van der Waals surface area contributed by atoms with E-state index in [4.69, 9.17) is 11.6 Å². The van der Waals surface area contributed by atoms with Gasteiger partial charge in [-0.1, -0.05) is 17.7 Å². The van der Waals surface area contributed by atoms with Gasteiger partial charge < -0.3 is 10.6 Å². The largest absolute Gasteiger partial charge is 0.325 e. The Labute approximate surface area is 126 Å². The van der Waals surface area contributed by atoms with Gasteiger partial charge in [0.1, 0.15) is 11.4 Å². The molecule has 2 aliphatic rings. The molecule has 2 fully saturated rings. The van der Waals surface area contributed by atoms with Gasteiger partial charge >= 0.3 is 6.03 Å². The zero-order valence-corrected chi connectivity index (χ0v) is 12.0. The van der Waals surface area contributed by atoms with E-state index >= 15 is 0 Å². The maximum absolute atomic E-state index is 13.0. The summed E-state index contributed by atoms with van der Waals surface area (Å²) < 4.78 is 13.0. The molecule has 5 nitrogen and oxygen atoms in total. The lowest BCUT2D eigenvalue weighted by atomic mass is 9.88. The first kappa shape index (κ1) is 14.3. The molecule has 1 aromatic carbocycles. The Balaban J connectivity index is 1.82. The third-order valence-corrected chi connectivity index (χ3v) is 4.40. The third kappa shape index (κ3) is 2.49. The number of amides is 3. The zero-order valence-electron chi connectivity index (χ0n) is 11.3. The molecular weight excluding hydrogens is 297 g/mol. The molecule has 2 saturated heterocycles. The second kappa shape index (κ2) is 5.27. The molecule has 0 aromatic heterocycles. The Morgan fingerprint density at radius 3 is 2.67 bits per heavy atom. The van der Waals surface area contributed by atoms with Crippen LogP contribution in [0.3, 0.4) is 0 Å². The van der Waals surface area contributed by atoms with Crippen LogP contribution in [0.4, 0.5) is 9.18 Å². The average Bonchev–Trinajstić information content (AvgIpc) is 2.67. The molecule has 0 aliphatic carbocycles. The van der Waals surface area contributed by atoms with Gasteiger partial charge in [-0.25, -0.2) is 9.18 Å². The summed E-state index contributed by atoms with van der Waals surface area (Å²) in [5.41, 5.74) is -0.248. The van der Waals surface area contributed by atoms with Gasteiger partial charge in [-0.15, -0.1) is 0 Å². The summed E-state index contributed by atoms with van der Waals surface area (Å²) in [5, 5.41) is 6.18. The van der Waals surface area contributed by atoms with Crippen molar-refractivity contribution < 1.29 is 14.0 Å². The summed E-state index contributed by atoms with van der Waals surface area (Å²) in [7, 11) is 0. The van der Waals surface area contributed by atoms with Crippen molar-refractivity contribution in [3.63, 3.8) is 0 Å². The average molecular weight is 312 g/mol. The second-order valence-electron chi connectivity index (χ2n) is 5.39. The number of urea groups is 1. The second-order valence-corrected chi connectivity index (χ2v) is 5.80. The minimum Gasteiger partial charge on any atom is -0.323 e. The number of benzene rings is 1. The molecule has 0 radical (unpaired) electrons. The summed E-state index contributed by atoms with van der Waals surface area (Å²) in [4.78, 5) is 25.8. The van der Waals surface area contributed by atoms with Crippen LogP contribution >= 0.6 is 11.6 Å². The molecule has 112 valence electrons. The van der Waals surface area contributed by atoms with Gasteiger partial charge in [0.25, 0.3) is 5.91 Å². The molecule has 2 N–H and O–H groups in total. The molecule has 7 heteroatoms. The Hall–Kier alpha value is -1.66. The summed E-state index contributed by atoms with van der Waals surface area (Å²) in [6, 6.07) is 3.52. The third-order valence-electron chi connectivity index (χ3n) is 4.05. The molecular formula is C14H15ClFN3O2. The van der Waals surface area contributed by atoms with Gasteiger partial charge in [0, 0.05) is 5.02 Å². The molecule has 2 aliphatic heterocycles. The SMILES string of the molecule is O=C1NC2(CCNCC2)C(=O)N1Cc1ccc(F)cc1Cl. The first-order valence-corrected chi connectivity index (χ1v) is 7.18. The fourth-order valence-electron chi connectivity index (χ4n) is 2.83. The molecule has 0 saturated carbocycles. The lowest BCUT2D eigenvalue weighted by Crippen LogP contribution is -2.53. The molecule has 21 heavy (non-hydrogen) atoms. The van der Waals surface area contributed by atoms with E-state index in [0.717, 1.165) is 4.90 Å². The van der Waals surface area contributed by atoms with Gasteiger partial charge in [-0.05, 0) is 43.6 Å². The lowest BCUT2D eigenvalue weighted by Gasteiger charge is -2.31. The number of hydrogen-bond acceptors (Lipinski definition) is 3. The van der Waals surface area contributed by atoms with Crippen LogP contribution in [0.5, 0.6) is 0 Å². The predicted molar refractivity (Wildman–Crippen MR) is 75.3 cm³/mol. The standard InChI is InChI=1S/C14H15ClFN3O2/c15-11-7-10(16)2-1-9(11)8-19-12(20)14(18-13(19)21)3-5-17-6-4-14/h1-2,7,17H,3-6,8H2,(H,18,21). The molecule has 1 aromatic rings. The number of rotatable bonds is 2. The molecule has 0 unspecified atom stereocenters. The van der Waals surface area contributed by atoms with Crippen LogP contribution in [0, 0.1) is 5.82 Å². The van der Waals surface area contributed by atoms with Crippen LogP contribution in [-0.2, 0) is 11.3 Å². The van der Waals surface area contributed by atoms with Crippen molar-refractivity contribution in [1.82, 2.24) is 15.5 Å². The zero-order chi connectivity index (χ0) is 15.0. The number of piperidine rings is 1. The number of imide groups is 1. The normalized spacial score (nSPS) is 21.0. The highest BCUT2D eigenvalue weighted by Crippen LogP contribution is 2.29. The first-order chi connectivity index (χ1) is 10.0. The number of carbonyl (C=O) groups excluding carboxylic acids is 2. The number of carbonyl (C=O) groups is 2. The van der Waals surface area contributed by atoms with Gasteiger partial charge in [0.2, 0.25) is 0 Å². The fourth-order valence-corrected chi connectivity index (χ4v) is 3.06. The summed E-state index contributed by atoms with van der Waals surface area (Å²) in [5.74, 6) is -0.676. The van der Waals surface area contributed by atoms with Gasteiger partial charge in [0.15, 0.2) is 0 Å². The molecule has 0 atom stereocenters. The minimum absolute atomic E-state index is 0.0545. The van der Waals surface area contributed by atoms with E-state index < -0.39 is 17.4 Å². The minimum atomic E-state index is -0.797. The van der Waals surface area contributed by atoms with Crippen LogP contribution in [0.1, 0.15) is 18.4 Å². The van der Waals surface area contributed by atoms with E-state index in [-0.39, 0.29) is 17.5 Å². The number of hydrogen-bond donors (Lipinski definition) is 2. The van der Waals surface area contributed by atoms with Crippen LogP contribution in [0.2, 0.25) is 5.02 Å². The van der Waals surface area contributed by atoms with Crippen molar-refractivity contribution in [3.8, 4) is 0 Å². The quantitative estimate of drug-likeness (QED) is 0.817. The van der Waals surface area contributed by atoms with Crippen LogP contribution < -0.4 is 10.6 Å². The Morgan fingerprint density at radius 1 is 1.29 bits per heavy atom. The van der Waals surface area contributed by atoms with Crippen molar-refractivity contribution >= 4 is 23.5 Å². The Bertz CT molecular complexity index is 602. The number of nitrogens with one attached hydrogen (secondary N) is 2. The molecule has 2 heterocycles. The van der Waals surface area contributed by atoms with Crippen LogP contribution in [0.15, 0.2) is 18.2 Å². The van der Waals surface area contributed by atoms with E-state index in [1.807, 2.05) is 0 Å². The monoisotopic (exact) mass is 311 g/mol. The van der Waals surface area contributed by atoms with Gasteiger partial charge in [-0.3, -0.25) is 9.69 Å². The number of halogens is 2. The first-order valence-electron chi connectivity index (χ1n) is 6.81. The summed E-state index contributed by atoms with van der Waals surface area (Å²) >= 11 is 5.96. The van der Waals surface area contributed by atoms with Crippen LogP contribution in [-0.4, -0.2) is 35.5 Å². The highest BCUT2D eigenvalue weighted by atomic mass is 35.5. The summed E-state index contributed by atoms with van der Waals surface area (Å²) in [6.07, 6.45) is 1.15. The van der Waals surface area contributed by atoms with Crippen molar-refractivity contribution in [2.45, 2.75) is 24.9 Å². The van der Waals surface area contributed by atoms with E-state index in [9.17, 15) is 14.0 Å². The maximum atomic E-state index is 13.0. The smallest absolute Gasteiger partial charge is 0.323 e. The highest BCUT2D eigenvalue weighted by molar-refractivity contribution is 6.31. The van der Waals surface area contributed by atoms with E-state index in [1.54, 1.807) is 0 Å². The molecule has 0 bridgehead atoms. The molecule has 1 spiro atoms. The Kier molecular flexibility index (Phi) is 3.59.